The standard InChI is InChI=1S/C21H25Cl2N3O/c1-16(21(27)24-20-9-8-18(22)14-19(20)23)26-11-5-10-25(12-13-26)15-17-6-3-2-4-7-17/h2-4,6-9,14,16H,5,10-13,15H2,1H3,(H,24,27). The van der Waals surface area contributed by atoms with E-state index in [9.17, 15) is 4.79 Å². The zero-order chi connectivity index (χ0) is 19.2. The van der Waals surface area contributed by atoms with Crippen molar-refractivity contribution in [3.05, 3.63) is 64.1 Å². The first kappa shape index (κ1) is 20.2. The number of nitrogens with one attached hydrogen (secondary N) is 1. The van der Waals surface area contributed by atoms with Crippen molar-refractivity contribution in [1.29, 1.82) is 0 Å². The van der Waals surface area contributed by atoms with Crippen LogP contribution in [0.4, 0.5) is 5.69 Å². The number of nitrogens with zero attached hydrogens (tertiary/aromatic N) is 2. The molecule has 1 fully saturated rings. The molecule has 1 heterocycles. The molecule has 3 rings (SSSR count). The van der Waals surface area contributed by atoms with Gasteiger partial charge in [-0.25, -0.2) is 0 Å². The number of amides is 1. The molecular weight excluding hydrogens is 381 g/mol. The summed E-state index contributed by atoms with van der Waals surface area (Å²) in [6.45, 7) is 6.68. The second kappa shape index (κ2) is 9.56. The molecule has 1 aliphatic heterocycles. The Hall–Kier alpha value is -1.59. The second-order valence-electron chi connectivity index (χ2n) is 6.94. The molecule has 1 amide bonds. The number of halogens is 2. The van der Waals surface area contributed by atoms with Gasteiger partial charge in [-0.3, -0.25) is 14.6 Å². The van der Waals surface area contributed by atoms with Crippen LogP contribution < -0.4 is 5.32 Å². The minimum absolute atomic E-state index is 0.0456. The molecule has 1 N–H and O–H groups in total. The highest BCUT2D eigenvalue weighted by molar-refractivity contribution is 6.36. The molecule has 1 aliphatic rings. The van der Waals surface area contributed by atoms with E-state index in [0.717, 1.165) is 39.1 Å². The molecule has 0 spiro atoms. The fourth-order valence-electron chi connectivity index (χ4n) is 3.37. The SMILES string of the molecule is CC(C(=O)Nc1ccc(Cl)cc1Cl)N1CCCN(Cc2ccccc2)CC1. The molecule has 6 heteroatoms. The predicted octanol–water partition coefficient (Wildman–Crippen LogP) is 4.53. The minimum atomic E-state index is -0.214. The van der Waals surface area contributed by atoms with E-state index >= 15 is 0 Å². The monoisotopic (exact) mass is 405 g/mol. The van der Waals surface area contributed by atoms with E-state index in [4.69, 9.17) is 23.2 Å². The molecule has 2 aromatic carbocycles. The van der Waals surface area contributed by atoms with E-state index in [1.165, 1.54) is 5.56 Å². The van der Waals surface area contributed by atoms with Crippen LogP contribution in [0.25, 0.3) is 0 Å². The average Bonchev–Trinajstić information content (AvgIpc) is 2.90. The predicted molar refractivity (Wildman–Crippen MR) is 112 cm³/mol. The van der Waals surface area contributed by atoms with Crippen LogP contribution >= 0.6 is 23.2 Å². The summed E-state index contributed by atoms with van der Waals surface area (Å²) in [5.74, 6) is -0.0456. The highest BCUT2D eigenvalue weighted by Gasteiger charge is 2.24. The first-order valence-electron chi connectivity index (χ1n) is 9.29. The third kappa shape index (κ3) is 5.69. The lowest BCUT2D eigenvalue weighted by atomic mass is 10.2. The Balaban J connectivity index is 1.55. The number of anilines is 1. The minimum Gasteiger partial charge on any atom is -0.323 e. The molecule has 4 nitrogen and oxygen atoms in total. The Labute approximate surface area is 171 Å². The highest BCUT2D eigenvalue weighted by atomic mass is 35.5. The van der Waals surface area contributed by atoms with E-state index in [-0.39, 0.29) is 11.9 Å². The maximum absolute atomic E-state index is 12.7. The lowest BCUT2D eigenvalue weighted by Crippen LogP contribution is -2.43. The average molecular weight is 406 g/mol. The third-order valence-electron chi connectivity index (χ3n) is 4.99. The number of hydrogen-bond donors (Lipinski definition) is 1. The van der Waals surface area contributed by atoms with Crippen LogP contribution in [0.15, 0.2) is 48.5 Å². The summed E-state index contributed by atoms with van der Waals surface area (Å²) in [5.41, 5.74) is 1.92. The normalized spacial score (nSPS) is 17.3. The zero-order valence-corrected chi connectivity index (χ0v) is 17.0. The molecule has 0 aliphatic carbocycles. The van der Waals surface area contributed by atoms with Gasteiger partial charge >= 0.3 is 0 Å². The van der Waals surface area contributed by atoms with Crippen molar-refractivity contribution in [2.24, 2.45) is 0 Å². The summed E-state index contributed by atoms with van der Waals surface area (Å²) in [6, 6.07) is 15.4. The van der Waals surface area contributed by atoms with Crippen LogP contribution in [0.5, 0.6) is 0 Å². The Kier molecular flexibility index (Phi) is 7.13. The molecule has 1 unspecified atom stereocenters. The summed E-state index contributed by atoms with van der Waals surface area (Å²) in [4.78, 5) is 17.4. The van der Waals surface area contributed by atoms with Gasteiger partial charge in [0.1, 0.15) is 0 Å². The Morgan fingerprint density at radius 1 is 1.07 bits per heavy atom. The van der Waals surface area contributed by atoms with Crippen molar-refractivity contribution in [2.45, 2.75) is 25.9 Å². The highest BCUT2D eigenvalue weighted by Crippen LogP contribution is 2.25. The van der Waals surface area contributed by atoms with E-state index in [1.54, 1.807) is 18.2 Å². The van der Waals surface area contributed by atoms with Gasteiger partial charge in [-0.05, 0) is 43.7 Å². The van der Waals surface area contributed by atoms with E-state index in [1.807, 2.05) is 13.0 Å². The number of carbonyl (C=O) groups excluding carboxylic acids is 1. The van der Waals surface area contributed by atoms with Gasteiger partial charge in [-0.1, -0.05) is 53.5 Å². The van der Waals surface area contributed by atoms with Gasteiger partial charge in [0, 0.05) is 31.2 Å². The van der Waals surface area contributed by atoms with Crippen molar-refractivity contribution >= 4 is 34.8 Å². The quantitative estimate of drug-likeness (QED) is 0.793. The topological polar surface area (TPSA) is 35.6 Å². The summed E-state index contributed by atoms with van der Waals surface area (Å²) in [5, 5.41) is 3.93. The first-order chi connectivity index (χ1) is 13.0. The first-order valence-corrected chi connectivity index (χ1v) is 10.0. The summed E-state index contributed by atoms with van der Waals surface area (Å²) < 4.78 is 0. The Morgan fingerprint density at radius 2 is 1.85 bits per heavy atom. The number of benzene rings is 2. The van der Waals surface area contributed by atoms with Gasteiger partial charge < -0.3 is 5.32 Å². The smallest absolute Gasteiger partial charge is 0.241 e. The largest absolute Gasteiger partial charge is 0.323 e. The van der Waals surface area contributed by atoms with Crippen molar-refractivity contribution in [1.82, 2.24) is 9.80 Å². The molecule has 0 bridgehead atoms. The summed E-state index contributed by atoms with van der Waals surface area (Å²) >= 11 is 12.1. The lowest BCUT2D eigenvalue weighted by molar-refractivity contribution is -0.120. The fraction of sp³-hybridized carbons (Fsp3) is 0.381. The van der Waals surface area contributed by atoms with Crippen LogP contribution in [-0.2, 0) is 11.3 Å². The molecule has 0 saturated carbocycles. The van der Waals surface area contributed by atoms with E-state index in [0.29, 0.717) is 15.7 Å². The van der Waals surface area contributed by atoms with Crippen LogP contribution in [0.3, 0.4) is 0 Å². The van der Waals surface area contributed by atoms with Gasteiger partial charge in [-0.2, -0.15) is 0 Å². The Morgan fingerprint density at radius 3 is 2.59 bits per heavy atom. The van der Waals surface area contributed by atoms with Crippen LogP contribution in [-0.4, -0.2) is 47.9 Å². The molecule has 2 aromatic rings. The van der Waals surface area contributed by atoms with Crippen LogP contribution in [0.1, 0.15) is 18.9 Å². The molecule has 27 heavy (non-hydrogen) atoms. The van der Waals surface area contributed by atoms with E-state index < -0.39 is 0 Å². The number of hydrogen-bond acceptors (Lipinski definition) is 3. The van der Waals surface area contributed by atoms with Gasteiger partial charge in [0.25, 0.3) is 0 Å². The maximum atomic E-state index is 12.7. The van der Waals surface area contributed by atoms with Gasteiger partial charge in [-0.15, -0.1) is 0 Å². The lowest BCUT2D eigenvalue weighted by Gasteiger charge is -2.27. The summed E-state index contributed by atoms with van der Waals surface area (Å²) in [6.07, 6.45) is 1.05. The second-order valence-corrected chi connectivity index (χ2v) is 7.78. The van der Waals surface area contributed by atoms with Crippen molar-refractivity contribution in [2.75, 3.05) is 31.5 Å². The van der Waals surface area contributed by atoms with Gasteiger partial charge in [0.15, 0.2) is 0 Å². The van der Waals surface area contributed by atoms with Crippen molar-refractivity contribution < 1.29 is 4.79 Å². The van der Waals surface area contributed by atoms with Crippen LogP contribution in [0.2, 0.25) is 10.0 Å². The summed E-state index contributed by atoms with van der Waals surface area (Å²) in [7, 11) is 0. The number of carbonyl (C=O) groups is 1. The maximum Gasteiger partial charge on any atom is 0.241 e. The molecule has 144 valence electrons. The Bertz CT molecular complexity index is 769. The number of rotatable bonds is 5. The fourth-order valence-corrected chi connectivity index (χ4v) is 3.83. The van der Waals surface area contributed by atoms with Crippen LogP contribution in [0, 0.1) is 0 Å². The zero-order valence-electron chi connectivity index (χ0n) is 15.5. The van der Waals surface area contributed by atoms with Gasteiger partial charge in [0.05, 0.1) is 16.8 Å². The molecule has 1 saturated heterocycles. The molecule has 0 aromatic heterocycles. The van der Waals surface area contributed by atoms with E-state index in [2.05, 4.69) is 39.4 Å². The van der Waals surface area contributed by atoms with Gasteiger partial charge in [0.2, 0.25) is 5.91 Å². The molecule has 0 radical (unpaired) electrons. The molecule has 1 atom stereocenters. The van der Waals surface area contributed by atoms with Crippen molar-refractivity contribution in [3.8, 4) is 0 Å². The molecular formula is C21H25Cl2N3O. The third-order valence-corrected chi connectivity index (χ3v) is 5.54. The van der Waals surface area contributed by atoms with Crippen molar-refractivity contribution in [3.63, 3.8) is 0 Å².